The van der Waals surface area contributed by atoms with Crippen LogP contribution in [0.5, 0.6) is 5.75 Å². The number of benzene rings is 2. The van der Waals surface area contributed by atoms with E-state index in [9.17, 15) is 29.4 Å². The molecule has 1 fully saturated rings. The Labute approximate surface area is 264 Å². The molecule has 1 saturated heterocycles. The number of aliphatic hydroxyl groups is 1. The molecule has 12 nitrogen and oxygen atoms in total. The fraction of sp³-hybridized carbons (Fsp3) is 0.353. The topological polar surface area (TPSA) is 209 Å². The van der Waals surface area contributed by atoms with Gasteiger partial charge in [0.05, 0.1) is 22.9 Å². The van der Waals surface area contributed by atoms with Crippen LogP contribution in [-0.2, 0) is 15.1 Å². The van der Waals surface area contributed by atoms with Crippen LogP contribution in [0.3, 0.4) is 0 Å². The van der Waals surface area contributed by atoms with Crippen molar-refractivity contribution in [2.24, 2.45) is 17.4 Å². The molecular weight excluding hydrogens is 590 g/mol. The lowest BCUT2D eigenvalue weighted by atomic mass is 9.69. The first-order valence-electron chi connectivity index (χ1n) is 15.0. The molecule has 2 aliphatic heterocycles. The third-order valence-electron chi connectivity index (χ3n) is 8.74. The van der Waals surface area contributed by atoms with Gasteiger partial charge in [-0.2, -0.15) is 0 Å². The average Bonchev–Trinajstić information content (AvgIpc) is 3.69. The molecule has 46 heavy (non-hydrogen) atoms. The second kappa shape index (κ2) is 11.3. The molecule has 2 aromatic carbocycles. The predicted octanol–water partition coefficient (Wildman–Crippen LogP) is 1.62. The van der Waals surface area contributed by atoms with E-state index in [1.807, 2.05) is 13.8 Å². The number of urea groups is 1. The number of amides is 3. The summed E-state index contributed by atoms with van der Waals surface area (Å²) in [5.41, 5.74) is 9.22. The van der Waals surface area contributed by atoms with Gasteiger partial charge in [0, 0.05) is 28.9 Å². The first-order valence-corrected chi connectivity index (χ1v) is 15.0. The Bertz CT molecular complexity index is 1860. The van der Waals surface area contributed by atoms with Gasteiger partial charge in [-0.25, -0.2) is 4.79 Å². The fourth-order valence-corrected chi connectivity index (χ4v) is 6.77. The summed E-state index contributed by atoms with van der Waals surface area (Å²) in [7, 11) is 0. The highest BCUT2D eigenvalue weighted by Gasteiger charge is 2.79. The van der Waals surface area contributed by atoms with Gasteiger partial charge in [-0.05, 0) is 61.6 Å². The van der Waals surface area contributed by atoms with Crippen molar-refractivity contribution in [2.45, 2.75) is 62.5 Å². The van der Waals surface area contributed by atoms with Crippen LogP contribution in [0.25, 0.3) is 0 Å². The zero-order chi connectivity index (χ0) is 33.0. The standard InChI is InChI=1S/C34H33N5O7/c1-17(2)16-33-24-9-5-3-4-6-10-25(41)34(33,46-33)21-15-23(40)26-27(28(21)39-24)29(42)19-12-11-18(14-20(19)30(26)43)38-31(44)22(35)8-7-13-37-32(36)45/h3-4,11-12,14-15,17,22,24-25,39-41H,7-8,13,16,35H2,1-2H3,(H,38,44)(H3,36,37,45)/b4-3-/t22-,24-,25+,33-,34-/m0/s1. The number of carbonyl (C=O) groups excluding carboxylic acids is 4. The van der Waals surface area contributed by atoms with E-state index in [1.54, 1.807) is 6.08 Å². The van der Waals surface area contributed by atoms with Gasteiger partial charge in [0.1, 0.15) is 17.4 Å². The van der Waals surface area contributed by atoms with Crippen molar-refractivity contribution in [2.75, 3.05) is 17.2 Å². The first kappa shape index (κ1) is 30.9. The van der Waals surface area contributed by atoms with Gasteiger partial charge in [0.2, 0.25) is 5.91 Å². The molecule has 236 valence electrons. The van der Waals surface area contributed by atoms with Crippen LogP contribution in [-0.4, -0.2) is 64.1 Å². The predicted molar refractivity (Wildman–Crippen MR) is 168 cm³/mol. The quantitative estimate of drug-likeness (QED) is 0.0840. The van der Waals surface area contributed by atoms with E-state index in [1.165, 1.54) is 30.3 Å². The highest BCUT2D eigenvalue weighted by Crippen LogP contribution is 2.68. The van der Waals surface area contributed by atoms with Crippen molar-refractivity contribution >= 4 is 34.9 Å². The van der Waals surface area contributed by atoms with E-state index in [-0.39, 0.29) is 52.5 Å². The molecule has 0 radical (unpaired) electrons. The number of fused-ring (bicyclic) bond motifs is 4. The molecule has 5 atom stereocenters. The van der Waals surface area contributed by atoms with Gasteiger partial charge in [-0.15, -0.1) is 0 Å². The van der Waals surface area contributed by atoms with E-state index >= 15 is 0 Å². The largest absolute Gasteiger partial charge is 0.507 e. The molecule has 12 heteroatoms. The van der Waals surface area contributed by atoms with Crippen LogP contribution >= 0.6 is 0 Å². The number of anilines is 2. The van der Waals surface area contributed by atoms with Crippen molar-refractivity contribution < 1.29 is 34.1 Å². The molecule has 0 aromatic heterocycles. The molecule has 9 N–H and O–H groups in total. The minimum Gasteiger partial charge on any atom is -0.507 e. The number of nitrogens with two attached hydrogens (primary N) is 2. The lowest BCUT2D eigenvalue weighted by Crippen LogP contribution is -2.50. The summed E-state index contributed by atoms with van der Waals surface area (Å²) in [6.45, 7) is 4.29. The maximum atomic E-state index is 14.1. The molecule has 2 aromatic rings. The fourth-order valence-electron chi connectivity index (χ4n) is 6.77. The van der Waals surface area contributed by atoms with Crippen LogP contribution in [0, 0.1) is 29.6 Å². The minimum atomic E-state index is -1.41. The van der Waals surface area contributed by atoms with Gasteiger partial charge >= 0.3 is 6.03 Å². The average molecular weight is 624 g/mol. The van der Waals surface area contributed by atoms with Crippen molar-refractivity contribution in [3.8, 4) is 29.4 Å². The normalized spacial score (nSPS) is 25.8. The van der Waals surface area contributed by atoms with Gasteiger partial charge in [0.25, 0.3) is 0 Å². The van der Waals surface area contributed by atoms with Crippen LogP contribution in [0.15, 0.2) is 36.4 Å². The van der Waals surface area contributed by atoms with Crippen LogP contribution in [0.2, 0.25) is 0 Å². The third-order valence-corrected chi connectivity index (χ3v) is 8.74. The van der Waals surface area contributed by atoms with E-state index in [4.69, 9.17) is 16.2 Å². The number of primary amides is 1. The van der Waals surface area contributed by atoms with Crippen LogP contribution in [0.4, 0.5) is 16.2 Å². The number of hydrogen-bond donors (Lipinski definition) is 7. The second-order valence-electron chi connectivity index (χ2n) is 12.2. The summed E-state index contributed by atoms with van der Waals surface area (Å²) < 4.78 is 6.46. The zero-order valence-electron chi connectivity index (χ0n) is 25.2. The van der Waals surface area contributed by atoms with E-state index < -0.39 is 58.6 Å². The number of ketones is 2. The number of epoxide rings is 1. The monoisotopic (exact) mass is 623 g/mol. The Morgan fingerprint density at radius 3 is 2.52 bits per heavy atom. The van der Waals surface area contributed by atoms with E-state index in [0.717, 1.165) is 0 Å². The van der Waals surface area contributed by atoms with Crippen LogP contribution in [0.1, 0.15) is 70.5 Å². The lowest BCUT2D eigenvalue weighted by molar-refractivity contribution is -0.117. The highest BCUT2D eigenvalue weighted by atomic mass is 16.6. The summed E-state index contributed by atoms with van der Waals surface area (Å²) in [5.74, 6) is 9.71. The van der Waals surface area contributed by atoms with Gasteiger partial charge in [-0.3, -0.25) is 14.4 Å². The van der Waals surface area contributed by atoms with Crippen molar-refractivity contribution in [1.82, 2.24) is 5.32 Å². The Hall–Kier alpha value is -5.14. The lowest BCUT2D eigenvalue weighted by Gasteiger charge is -2.37. The number of nitrogens with one attached hydrogen (secondary N) is 3. The summed E-state index contributed by atoms with van der Waals surface area (Å²) >= 11 is 0. The molecule has 4 aliphatic rings. The molecule has 6 rings (SSSR count). The second-order valence-corrected chi connectivity index (χ2v) is 12.2. The van der Waals surface area contributed by atoms with Crippen molar-refractivity contribution in [1.29, 1.82) is 0 Å². The molecule has 2 aliphatic carbocycles. The van der Waals surface area contributed by atoms with Crippen LogP contribution < -0.4 is 27.4 Å². The number of aliphatic hydroxyl groups excluding tert-OH is 1. The number of phenolic OH excluding ortho intramolecular Hbond substituents is 1. The zero-order valence-corrected chi connectivity index (χ0v) is 25.2. The number of rotatable bonds is 8. The molecule has 2 bridgehead atoms. The third kappa shape index (κ3) is 4.79. The van der Waals surface area contributed by atoms with Gasteiger partial charge in [-0.1, -0.05) is 37.5 Å². The number of allylic oxidation sites excluding steroid dienone is 2. The summed E-state index contributed by atoms with van der Waals surface area (Å²) in [6, 6.07) is 3.39. The van der Waals surface area contributed by atoms with Gasteiger partial charge in [0.15, 0.2) is 23.3 Å². The maximum absolute atomic E-state index is 14.1. The van der Waals surface area contributed by atoms with Crippen molar-refractivity contribution in [3.05, 3.63) is 64.2 Å². The first-order chi connectivity index (χ1) is 21.9. The summed E-state index contributed by atoms with van der Waals surface area (Å²) in [5, 5.41) is 31.2. The van der Waals surface area contributed by atoms with E-state index in [0.29, 0.717) is 18.4 Å². The Balaban J connectivity index is 1.37. The van der Waals surface area contributed by atoms with E-state index in [2.05, 4.69) is 39.6 Å². The summed E-state index contributed by atoms with van der Waals surface area (Å²) in [6.07, 6.45) is 2.95. The number of hydrogen-bond acceptors (Lipinski definition) is 9. The minimum absolute atomic E-state index is 0.00564. The Kier molecular flexibility index (Phi) is 7.61. The number of ether oxygens (including phenoxy) is 1. The molecule has 2 heterocycles. The SMILES string of the molecule is CC(C)C[C@@]12O[C@]13c1cc(O)c4c(c1N[C@H]2C#C/C=C\C#C[C@H]3O)C(=O)c1ccc(NC(=O)[C@@H](N)CCCNC(N)=O)cc1C4=O. The maximum Gasteiger partial charge on any atom is 0.312 e. The van der Waals surface area contributed by atoms with Gasteiger partial charge < -0.3 is 42.4 Å². The highest BCUT2D eigenvalue weighted by molar-refractivity contribution is 6.31. The molecule has 0 spiro atoms. The smallest absolute Gasteiger partial charge is 0.312 e. The summed E-state index contributed by atoms with van der Waals surface area (Å²) in [4.78, 5) is 51.6. The number of carbonyl (C=O) groups is 4. The molecule has 3 amide bonds. The molecule has 0 unspecified atom stereocenters. The molecular formula is C34H33N5O7. The Morgan fingerprint density at radius 2 is 1.80 bits per heavy atom. The number of aromatic hydroxyl groups is 1. The Morgan fingerprint density at radius 1 is 1.09 bits per heavy atom. The number of phenols is 1. The van der Waals surface area contributed by atoms with Crippen molar-refractivity contribution in [3.63, 3.8) is 0 Å². The molecule has 0 saturated carbocycles.